The zero-order valence-electron chi connectivity index (χ0n) is 12.2. The molecule has 0 aliphatic carbocycles. The highest BCUT2D eigenvalue weighted by Gasteiger charge is 2.08. The molecule has 23 heavy (non-hydrogen) atoms. The monoisotopic (exact) mass is 307 g/mol. The first-order valence-electron chi connectivity index (χ1n) is 7.13. The van der Waals surface area contributed by atoms with Gasteiger partial charge in [-0.25, -0.2) is 4.39 Å². The Morgan fingerprint density at radius 1 is 0.957 bits per heavy atom. The van der Waals surface area contributed by atoms with Crippen LogP contribution in [0.5, 0.6) is 0 Å². The zero-order valence-corrected chi connectivity index (χ0v) is 12.2. The molecule has 0 saturated carbocycles. The van der Waals surface area contributed by atoms with Crippen molar-refractivity contribution in [2.24, 2.45) is 0 Å². The van der Waals surface area contributed by atoms with E-state index in [9.17, 15) is 9.18 Å². The summed E-state index contributed by atoms with van der Waals surface area (Å²) in [5.74, 6) is -0.634. The van der Waals surface area contributed by atoms with Crippen molar-refractivity contribution in [3.8, 4) is 11.4 Å². The molecule has 2 heterocycles. The van der Waals surface area contributed by atoms with Gasteiger partial charge in [0.25, 0.3) is 5.91 Å². The van der Waals surface area contributed by atoms with Crippen LogP contribution in [-0.2, 0) is 6.54 Å². The molecule has 0 bridgehead atoms. The SMILES string of the molecule is O=C(NCc1ccccc1F)c1ccc(-c2ccccn2)nc1. The van der Waals surface area contributed by atoms with E-state index in [0.29, 0.717) is 16.8 Å². The number of amides is 1. The fourth-order valence-corrected chi connectivity index (χ4v) is 2.11. The molecule has 0 saturated heterocycles. The van der Waals surface area contributed by atoms with Gasteiger partial charge in [0, 0.05) is 24.5 Å². The Bertz CT molecular complexity index is 804. The van der Waals surface area contributed by atoms with Crippen molar-refractivity contribution in [1.82, 2.24) is 15.3 Å². The van der Waals surface area contributed by atoms with Gasteiger partial charge in [-0.2, -0.15) is 0 Å². The van der Waals surface area contributed by atoms with Gasteiger partial charge in [-0.05, 0) is 30.3 Å². The molecule has 3 aromatic rings. The number of nitrogens with one attached hydrogen (secondary N) is 1. The minimum atomic E-state index is -0.337. The van der Waals surface area contributed by atoms with Crippen LogP contribution in [0.4, 0.5) is 4.39 Å². The maximum absolute atomic E-state index is 13.5. The first kappa shape index (κ1) is 14.8. The van der Waals surface area contributed by atoms with E-state index in [1.165, 1.54) is 12.3 Å². The van der Waals surface area contributed by atoms with Crippen molar-refractivity contribution in [3.63, 3.8) is 0 Å². The summed E-state index contributed by atoms with van der Waals surface area (Å²) in [5.41, 5.74) is 2.29. The summed E-state index contributed by atoms with van der Waals surface area (Å²) in [7, 11) is 0. The first-order chi connectivity index (χ1) is 11.2. The number of aromatic nitrogens is 2. The second-order valence-electron chi connectivity index (χ2n) is 4.92. The summed E-state index contributed by atoms with van der Waals surface area (Å²) < 4.78 is 13.5. The van der Waals surface area contributed by atoms with E-state index in [1.807, 2.05) is 18.2 Å². The summed E-state index contributed by atoms with van der Waals surface area (Å²) in [4.78, 5) is 20.5. The largest absolute Gasteiger partial charge is 0.348 e. The second-order valence-corrected chi connectivity index (χ2v) is 4.92. The summed E-state index contributed by atoms with van der Waals surface area (Å²) in [6, 6.07) is 15.3. The van der Waals surface area contributed by atoms with Crippen LogP contribution in [0.2, 0.25) is 0 Å². The number of benzene rings is 1. The Morgan fingerprint density at radius 3 is 2.43 bits per heavy atom. The maximum Gasteiger partial charge on any atom is 0.253 e. The predicted octanol–water partition coefficient (Wildman–Crippen LogP) is 3.21. The highest BCUT2D eigenvalue weighted by atomic mass is 19.1. The van der Waals surface area contributed by atoms with Crippen LogP contribution in [0.15, 0.2) is 67.0 Å². The number of hydrogen-bond acceptors (Lipinski definition) is 3. The number of carbonyl (C=O) groups excluding carboxylic acids is 1. The maximum atomic E-state index is 13.5. The van der Waals surface area contributed by atoms with Crippen molar-refractivity contribution >= 4 is 5.91 Å². The molecule has 0 radical (unpaired) electrons. The molecule has 4 nitrogen and oxygen atoms in total. The van der Waals surface area contributed by atoms with Gasteiger partial charge in [0.1, 0.15) is 5.82 Å². The summed E-state index contributed by atoms with van der Waals surface area (Å²) in [6.45, 7) is 0.132. The van der Waals surface area contributed by atoms with E-state index >= 15 is 0 Å². The highest BCUT2D eigenvalue weighted by Crippen LogP contribution is 2.13. The third-order valence-electron chi connectivity index (χ3n) is 3.35. The van der Waals surface area contributed by atoms with Gasteiger partial charge in [0.2, 0.25) is 0 Å². The Labute approximate surface area is 133 Å². The van der Waals surface area contributed by atoms with E-state index in [0.717, 1.165) is 5.69 Å². The lowest BCUT2D eigenvalue weighted by molar-refractivity contribution is 0.0950. The fourth-order valence-electron chi connectivity index (χ4n) is 2.11. The van der Waals surface area contributed by atoms with Gasteiger partial charge in [-0.3, -0.25) is 14.8 Å². The Balaban J connectivity index is 1.67. The van der Waals surface area contributed by atoms with Gasteiger partial charge in [-0.1, -0.05) is 24.3 Å². The minimum Gasteiger partial charge on any atom is -0.348 e. The van der Waals surface area contributed by atoms with E-state index in [1.54, 1.807) is 36.5 Å². The first-order valence-corrected chi connectivity index (χ1v) is 7.13. The Morgan fingerprint density at radius 2 is 1.74 bits per heavy atom. The van der Waals surface area contributed by atoms with Gasteiger partial charge >= 0.3 is 0 Å². The number of rotatable bonds is 4. The van der Waals surface area contributed by atoms with Gasteiger partial charge in [-0.15, -0.1) is 0 Å². The molecule has 0 fully saturated rings. The van der Waals surface area contributed by atoms with E-state index in [2.05, 4.69) is 15.3 Å². The van der Waals surface area contributed by atoms with Crippen molar-refractivity contribution < 1.29 is 9.18 Å². The Hall–Kier alpha value is -3.08. The molecule has 114 valence electrons. The number of nitrogens with zero attached hydrogens (tertiary/aromatic N) is 2. The quantitative estimate of drug-likeness (QED) is 0.805. The molecule has 1 amide bonds. The summed E-state index contributed by atoms with van der Waals surface area (Å²) >= 11 is 0. The predicted molar refractivity (Wildman–Crippen MR) is 85.0 cm³/mol. The van der Waals surface area contributed by atoms with Crippen LogP contribution < -0.4 is 5.32 Å². The smallest absolute Gasteiger partial charge is 0.253 e. The molecule has 1 aromatic carbocycles. The zero-order chi connectivity index (χ0) is 16.1. The third kappa shape index (κ3) is 3.58. The van der Waals surface area contributed by atoms with E-state index in [-0.39, 0.29) is 18.3 Å². The molecule has 0 atom stereocenters. The number of halogens is 1. The molecule has 1 N–H and O–H groups in total. The molecule has 0 unspecified atom stereocenters. The summed E-state index contributed by atoms with van der Waals surface area (Å²) in [5, 5.41) is 2.68. The van der Waals surface area contributed by atoms with Crippen LogP contribution in [0.3, 0.4) is 0 Å². The molecule has 5 heteroatoms. The van der Waals surface area contributed by atoms with Crippen molar-refractivity contribution in [3.05, 3.63) is 83.9 Å². The van der Waals surface area contributed by atoms with Gasteiger partial charge < -0.3 is 5.32 Å². The van der Waals surface area contributed by atoms with E-state index in [4.69, 9.17) is 0 Å². The van der Waals surface area contributed by atoms with Crippen LogP contribution >= 0.6 is 0 Å². The molecule has 2 aromatic heterocycles. The van der Waals surface area contributed by atoms with Gasteiger partial charge in [0.05, 0.1) is 17.0 Å². The van der Waals surface area contributed by atoms with Crippen molar-refractivity contribution in [2.45, 2.75) is 6.54 Å². The standard InChI is InChI=1S/C18H14FN3O/c19-15-6-2-1-5-13(15)11-22-18(23)14-8-9-17(21-12-14)16-7-3-4-10-20-16/h1-10,12H,11H2,(H,22,23). The average molecular weight is 307 g/mol. The number of pyridine rings is 2. The molecule has 3 rings (SSSR count). The average Bonchev–Trinajstić information content (AvgIpc) is 2.62. The third-order valence-corrected chi connectivity index (χ3v) is 3.35. The highest BCUT2D eigenvalue weighted by molar-refractivity contribution is 5.94. The molecular formula is C18H14FN3O. The van der Waals surface area contributed by atoms with Crippen molar-refractivity contribution in [2.75, 3.05) is 0 Å². The molecular weight excluding hydrogens is 293 g/mol. The number of hydrogen-bond donors (Lipinski definition) is 1. The Kier molecular flexibility index (Phi) is 4.38. The van der Waals surface area contributed by atoms with Crippen LogP contribution in [-0.4, -0.2) is 15.9 Å². The summed E-state index contributed by atoms with van der Waals surface area (Å²) in [6.07, 6.45) is 3.17. The fraction of sp³-hybridized carbons (Fsp3) is 0.0556. The molecule has 0 spiro atoms. The second kappa shape index (κ2) is 6.79. The lowest BCUT2D eigenvalue weighted by atomic mass is 10.2. The van der Waals surface area contributed by atoms with Crippen LogP contribution in [0.1, 0.15) is 15.9 Å². The van der Waals surface area contributed by atoms with E-state index < -0.39 is 0 Å². The van der Waals surface area contributed by atoms with Gasteiger partial charge in [0.15, 0.2) is 0 Å². The molecule has 0 aliphatic rings. The lowest BCUT2D eigenvalue weighted by Gasteiger charge is -2.06. The molecule has 0 aliphatic heterocycles. The topological polar surface area (TPSA) is 54.9 Å². The van der Waals surface area contributed by atoms with Crippen LogP contribution in [0, 0.1) is 5.82 Å². The van der Waals surface area contributed by atoms with Crippen LogP contribution in [0.25, 0.3) is 11.4 Å². The minimum absolute atomic E-state index is 0.132. The lowest BCUT2D eigenvalue weighted by Crippen LogP contribution is -2.23. The normalized spacial score (nSPS) is 10.3. The number of carbonyl (C=O) groups is 1. The van der Waals surface area contributed by atoms with Crippen molar-refractivity contribution in [1.29, 1.82) is 0 Å².